The first-order chi connectivity index (χ1) is 13.8. The first-order valence-corrected chi connectivity index (χ1v) is 9.57. The van der Waals surface area contributed by atoms with Gasteiger partial charge in [-0.15, -0.1) is 0 Å². The summed E-state index contributed by atoms with van der Waals surface area (Å²) >= 11 is 0. The quantitative estimate of drug-likeness (QED) is 0.419. The van der Waals surface area contributed by atoms with Crippen LogP contribution in [0.4, 0.5) is 0 Å². The third kappa shape index (κ3) is 4.05. The number of aromatic nitrogens is 1. The number of quaternary nitrogens is 1. The zero-order valence-corrected chi connectivity index (χ0v) is 17.1. The maximum absolute atomic E-state index is 13.4. The molecule has 29 heavy (non-hydrogen) atoms. The second-order valence-electron chi connectivity index (χ2n) is 7.58. The van der Waals surface area contributed by atoms with Crippen LogP contribution in [0.2, 0.25) is 0 Å². The van der Waals surface area contributed by atoms with Crippen molar-refractivity contribution in [1.82, 2.24) is 9.88 Å². The molecule has 1 fully saturated rings. The lowest BCUT2D eigenvalue weighted by Crippen LogP contribution is -3.06. The van der Waals surface area contributed by atoms with Crippen LogP contribution in [0.15, 0.2) is 42.7 Å². The molecule has 7 heteroatoms. The Bertz CT molecular complexity index is 927. The van der Waals surface area contributed by atoms with Crippen LogP contribution < -0.4 is 9.64 Å². The summed E-state index contributed by atoms with van der Waals surface area (Å²) in [5.74, 6) is -2.05. The zero-order valence-electron chi connectivity index (χ0n) is 17.1. The lowest BCUT2D eigenvalue weighted by molar-refractivity contribution is -0.857. The molecule has 0 aliphatic carbocycles. The van der Waals surface area contributed by atoms with Crippen molar-refractivity contribution in [1.29, 1.82) is 0 Å². The van der Waals surface area contributed by atoms with Gasteiger partial charge in [-0.05, 0) is 42.3 Å². The highest BCUT2D eigenvalue weighted by molar-refractivity contribution is 6.44. The molecule has 0 radical (unpaired) electrons. The molecule has 1 saturated heterocycles. The number of rotatable bonds is 7. The van der Waals surface area contributed by atoms with Crippen LogP contribution in [0.3, 0.4) is 0 Å². The van der Waals surface area contributed by atoms with Crippen molar-refractivity contribution in [2.24, 2.45) is 5.92 Å². The van der Waals surface area contributed by atoms with E-state index in [4.69, 9.17) is 4.74 Å². The fourth-order valence-electron chi connectivity index (χ4n) is 3.71. The number of nitrogens with one attached hydrogen (secondary N) is 1. The minimum Gasteiger partial charge on any atom is -0.496 e. The summed E-state index contributed by atoms with van der Waals surface area (Å²) in [6.45, 7) is 2.89. The van der Waals surface area contributed by atoms with Gasteiger partial charge in [-0.25, -0.2) is 0 Å². The second kappa shape index (κ2) is 8.53. The van der Waals surface area contributed by atoms with Gasteiger partial charge in [0.1, 0.15) is 11.7 Å². The van der Waals surface area contributed by atoms with E-state index in [0.717, 1.165) is 10.5 Å². The number of Topliss-reactive ketones (excluding diaryl/α,β-unsaturated/α-hetero) is 2. The van der Waals surface area contributed by atoms with Crippen molar-refractivity contribution in [2.75, 3.05) is 34.3 Å². The summed E-state index contributed by atoms with van der Waals surface area (Å²) in [6.07, 6.45) is 3.24. The molecule has 0 spiro atoms. The normalized spacial score (nSPS) is 19.1. The molecule has 1 aliphatic rings. The van der Waals surface area contributed by atoms with Gasteiger partial charge in [-0.1, -0.05) is 6.07 Å². The highest BCUT2D eigenvalue weighted by atomic mass is 16.5. The lowest BCUT2D eigenvalue weighted by Gasteiger charge is -2.27. The fraction of sp³-hybridized carbons (Fsp3) is 0.364. The summed E-state index contributed by atoms with van der Waals surface area (Å²) < 4.78 is 5.25. The van der Waals surface area contributed by atoms with E-state index in [-0.39, 0.29) is 5.78 Å². The molecular formula is C22H26N3O4+. The van der Waals surface area contributed by atoms with E-state index < -0.39 is 23.7 Å². The topological polar surface area (TPSA) is 81.0 Å². The minimum atomic E-state index is -1.09. The average molecular weight is 396 g/mol. The van der Waals surface area contributed by atoms with Crippen molar-refractivity contribution in [3.05, 3.63) is 59.4 Å². The number of benzene rings is 1. The lowest BCUT2D eigenvalue weighted by atomic mass is 9.86. The SMILES string of the molecule is COc1ccc(C(=O)C2C(=O)C(=O)N(CC[NH+](C)C)C2c2cccnc2)cc1C. The third-order valence-corrected chi connectivity index (χ3v) is 5.25. The number of carbonyl (C=O) groups excluding carboxylic acids is 3. The molecule has 3 rings (SSSR count). The monoisotopic (exact) mass is 396 g/mol. The Labute approximate surface area is 170 Å². The highest BCUT2D eigenvalue weighted by Crippen LogP contribution is 2.38. The molecule has 2 aromatic rings. The Kier molecular flexibility index (Phi) is 6.08. The van der Waals surface area contributed by atoms with Gasteiger partial charge in [0.05, 0.1) is 40.3 Å². The summed E-state index contributed by atoms with van der Waals surface area (Å²) in [4.78, 5) is 45.8. The number of hydrogen-bond acceptors (Lipinski definition) is 5. The highest BCUT2D eigenvalue weighted by Gasteiger charge is 2.51. The van der Waals surface area contributed by atoms with Crippen LogP contribution in [-0.4, -0.2) is 61.7 Å². The number of ether oxygens (including phenoxy) is 1. The summed E-state index contributed by atoms with van der Waals surface area (Å²) in [5, 5.41) is 0. The molecule has 1 aromatic carbocycles. The molecule has 0 bridgehead atoms. The summed E-state index contributed by atoms with van der Waals surface area (Å²) in [5.41, 5.74) is 1.87. The number of aryl methyl sites for hydroxylation is 1. The minimum absolute atomic E-state index is 0.359. The number of pyridine rings is 1. The average Bonchev–Trinajstić information content (AvgIpc) is 2.97. The van der Waals surface area contributed by atoms with Crippen molar-refractivity contribution in [2.45, 2.75) is 13.0 Å². The molecule has 1 aliphatic heterocycles. The first kappa shape index (κ1) is 20.7. The molecule has 1 N–H and O–H groups in total. The van der Waals surface area contributed by atoms with Gasteiger partial charge in [-0.2, -0.15) is 0 Å². The van der Waals surface area contributed by atoms with Crippen LogP contribution >= 0.6 is 0 Å². The van der Waals surface area contributed by atoms with Crippen LogP contribution in [0.5, 0.6) is 5.75 Å². The number of hydrogen-bond donors (Lipinski definition) is 1. The Morgan fingerprint density at radius 1 is 1.24 bits per heavy atom. The number of nitrogens with zero attached hydrogens (tertiary/aromatic N) is 2. The maximum atomic E-state index is 13.4. The van der Waals surface area contributed by atoms with E-state index >= 15 is 0 Å². The molecular weight excluding hydrogens is 370 g/mol. The van der Waals surface area contributed by atoms with E-state index in [1.807, 2.05) is 21.0 Å². The number of amides is 1. The number of carbonyl (C=O) groups is 3. The van der Waals surface area contributed by atoms with Gasteiger partial charge in [-0.3, -0.25) is 19.4 Å². The van der Waals surface area contributed by atoms with E-state index in [2.05, 4.69) is 4.98 Å². The molecule has 0 saturated carbocycles. The zero-order chi connectivity index (χ0) is 21.1. The molecule has 2 atom stereocenters. The first-order valence-electron chi connectivity index (χ1n) is 9.57. The van der Waals surface area contributed by atoms with Crippen LogP contribution in [0.25, 0.3) is 0 Å². The Morgan fingerprint density at radius 3 is 2.59 bits per heavy atom. The Hall–Kier alpha value is -3.06. The Morgan fingerprint density at radius 2 is 2.00 bits per heavy atom. The van der Waals surface area contributed by atoms with Crippen molar-refractivity contribution >= 4 is 17.5 Å². The maximum Gasteiger partial charge on any atom is 0.291 e. The van der Waals surface area contributed by atoms with Gasteiger partial charge in [0.25, 0.3) is 5.91 Å². The summed E-state index contributed by atoms with van der Waals surface area (Å²) in [7, 11) is 5.51. The molecule has 152 valence electrons. The standard InChI is InChI=1S/C22H25N3O4/c1-14-12-15(7-8-17(14)29-4)20(26)18-19(16-6-5-9-23-13-16)25(11-10-24(2)3)22(28)21(18)27/h5-9,12-13,18-19H,10-11H2,1-4H3/p+1. The van der Waals surface area contributed by atoms with E-state index in [0.29, 0.717) is 30.0 Å². The second-order valence-corrected chi connectivity index (χ2v) is 7.58. The molecule has 2 unspecified atom stereocenters. The predicted molar refractivity (Wildman–Crippen MR) is 107 cm³/mol. The van der Waals surface area contributed by atoms with E-state index in [9.17, 15) is 14.4 Å². The third-order valence-electron chi connectivity index (χ3n) is 5.25. The molecule has 7 nitrogen and oxygen atoms in total. The van der Waals surface area contributed by atoms with E-state index in [1.165, 1.54) is 4.90 Å². The van der Waals surface area contributed by atoms with Crippen molar-refractivity contribution in [3.8, 4) is 5.75 Å². The smallest absolute Gasteiger partial charge is 0.291 e. The number of methoxy groups -OCH3 is 1. The van der Waals surface area contributed by atoms with Crippen LogP contribution in [0.1, 0.15) is 27.5 Å². The van der Waals surface area contributed by atoms with Crippen molar-refractivity contribution < 1.29 is 24.0 Å². The van der Waals surface area contributed by atoms with Crippen LogP contribution in [0, 0.1) is 12.8 Å². The largest absolute Gasteiger partial charge is 0.496 e. The van der Waals surface area contributed by atoms with E-state index in [1.54, 1.807) is 49.8 Å². The van der Waals surface area contributed by atoms with Gasteiger partial charge in [0.15, 0.2) is 5.78 Å². The van der Waals surface area contributed by atoms with Gasteiger partial charge < -0.3 is 14.5 Å². The van der Waals surface area contributed by atoms with Gasteiger partial charge in [0, 0.05) is 18.0 Å². The summed E-state index contributed by atoms with van der Waals surface area (Å²) in [6, 6.07) is 7.94. The molecule has 1 amide bonds. The van der Waals surface area contributed by atoms with Gasteiger partial charge in [0.2, 0.25) is 5.78 Å². The number of likely N-dealkylation sites (N-methyl/N-ethyl adjacent to an activating group) is 1. The molecule has 2 heterocycles. The number of likely N-dealkylation sites (tertiary alicyclic amines) is 1. The fourth-order valence-corrected chi connectivity index (χ4v) is 3.71. The van der Waals surface area contributed by atoms with Crippen molar-refractivity contribution in [3.63, 3.8) is 0 Å². The molecule has 1 aromatic heterocycles. The Balaban J connectivity index is 2.02. The number of ketones is 2. The van der Waals surface area contributed by atoms with Gasteiger partial charge >= 0.3 is 0 Å². The predicted octanol–water partition coefficient (Wildman–Crippen LogP) is 0.495. The van der Waals surface area contributed by atoms with Crippen LogP contribution in [-0.2, 0) is 9.59 Å².